The highest BCUT2D eigenvalue weighted by atomic mass is 32.1. The highest BCUT2D eigenvalue weighted by molar-refractivity contribution is 7.81. The van der Waals surface area contributed by atoms with E-state index < -0.39 is 5.25 Å². The fraction of sp³-hybridized carbons (Fsp3) is 0.750. The monoisotopic (exact) mass is 315 g/mol. The van der Waals surface area contributed by atoms with Gasteiger partial charge in [-0.3, -0.25) is 9.59 Å². The van der Waals surface area contributed by atoms with Crippen LogP contribution in [0.4, 0.5) is 0 Å². The van der Waals surface area contributed by atoms with Gasteiger partial charge in [0, 0.05) is 18.9 Å². The summed E-state index contributed by atoms with van der Waals surface area (Å²) in [6.07, 6.45) is 3.97. The lowest BCUT2D eigenvalue weighted by molar-refractivity contribution is -0.123. The van der Waals surface area contributed by atoms with Crippen LogP contribution in [0.3, 0.4) is 0 Å². The minimum atomic E-state index is -0.506. The van der Waals surface area contributed by atoms with Crippen LogP contribution in [-0.2, 0) is 9.59 Å². The molecular formula is C16H29NO3S. The van der Waals surface area contributed by atoms with Gasteiger partial charge in [-0.05, 0) is 38.5 Å². The average Bonchev–Trinajstić information content (AvgIpc) is 2.47. The summed E-state index contributed by atoms with van der Waals surface area (Å²) in [5, 5.41) is 11.4. The number of carbonyl (C=O) groups excluding carboxylic acids is 2. The van der Waals surface area contributed by atoms with Crippen molar-refractivity contribution in [3.8, 4) is 0 Å². The van der Waals surface area contributed by atoms with E-state index in [1.807, 2.05) is 13.8 Å². The molecule has 0 saturated heterocycles. The Morgan fingerprint density at radius 3 is 2.24 bits per heavy atom. The van der Waals surface area contributed by atoms with Crippen LogP contribution < -0.4 is 5.32 Å². The molecule has 2 N–H and O–H groups in total. The normalized spacial score (nSPS) is 22.5. The number of hydrogen-bond acceptors (Lipinski definition) is 4. The molecule has 122 valence electrons. The maximum Gasteiger partial charge on any atom is 0.221 e. The summed E-state index contributed by atoms with van der Waals surface area (Å²) in [6, 6.07) is 0. The van der Waals surface area contributed by atoms with Crippen LogP contribution in [0.5, 0.6) is 0 Å². The van der Waals surface area contributed by atoms with Gasteiger partial charge in [0.25, 0.3) is 0 Å². The van der Waals surface area contributed by atoms with E-state index in [4.69, 9.17) is 5.11 Å². The third-order valence-electron chi connectivity index (χ3n) is 3.77. The van der Waals surface area contributed by atoms with Crippen molar-refractivity contribution in [3.63, 3.8) is 0 Å². The van der Waals surface area contributed by atoms with Gasteiger partial charge in [0.2, 0.25) is 5.91 Å². The Labute approximate surface area is 133 Å². The van der Waals surface area contributed by atoms with Crippen molar-refractivity contribution < 1.29 is 14.7 Å². The Balaban J connectivity index is 0.00000191. The Morgan fingerprint density at radius 2 is 1.81 bits per heavy atom. The zero-order valence-electron chi connectivity index (χ0n) is 13.4. The molecule has 0 aliphatic heterocycles. The predicted molar refractivity (Wildman–Crippen MR) is 89.6 cm³/mol. The smallest absolute Gasteiger partial charge is 0.221 e. The summed E-state index contributed by atoms with van der Waals surface area (Å²) in [7, 11) is 0. The summed E-state index contributed by atoms with van der Waals surface area (Å²) in [5.74, 6) is 0.743. The van der Waals surface area contributed by atoms with Gasteiger partial charge >= 0.3 is 0 Å². The fourth-order valence-electron chi connectivity index (χ4n) is 2.40. The molecule has 0 aromatic carbocycles. The van der Waals surface area contributed by atoms with E-state index >= 15 is 0 Å². The van der Waals surface area contributed by atoms with Crippen molar-refractivity contribution in [2.45, 2.75) is 58.1 Å². The lowest BCUT2D eigenvalue weighted by atomic mass is 9.80. The van der Waals surface area contributed by atoms with Crippen molar-refractivity contribution >= 4 is 24.3 Å². The first-order valence-corrected chi connectivity index (χ1v) is 8.24. The molecule has 1 amide bonds. The fourth-order valence-corrected chi connectivity index (χ4v) is 2.56. The largest absolute Gasteiger partial charge is 0.512 e. The summed E-state index contributed by atoms with van der Waals surface area (Å²) in [6.45, 7) is 9.64. The van der Waals surface area contributed by atoms with E-state index in [1.165, 1.54) is 0 Å². The first kappa shape index (κ1) is 20.0. The van der Waals surface area contributed by atoms with E-state index in [0.29, 0.717) is 12.5 Å². The van der Waals surface area contributed by atoms with Gasteiger partial charge in [-0.2, -0.15) is 12.6 Å². The zero-order chi connectivity index (χ0) is 16.4. The van der Waals surface area contributed by atoms with E-state index in [2.05, 4.69) is 24.5 Å². The predicted octanol–water partition coefficient (Wildman–Crippen LogP) is 3.28. The van der Waals surface area contributed by atoms with Crippen molar-refractivity contribution in [3.05, 3.63) is 12.3 Å². The molecule has 21 heavy (non-hydrogen) atoms. The van der Waals surface area contributed by atoms with Gasteiger partial charge in [-0.1, -0.05) is 20.4 Å². The molecule has 1 saturated carbocycles. The summed E-state index contributed by atoms with van der Waals surface area (Å²) < 4.78 is 0. The van der Waals surface area contributed by atoms with Crippen LogP contribution in [0.1, 0.15) is 52.9 Å². The first-order chi connectivity index (χ1) is 9.90. The lowest BCUT2D eigenvalue weighted by Gasteiger charge is -2.27. The number of aliphatic hydroxyl groups is 1. The molecule has 0 radical (unpaired) electrons. The number of thiol groups is 1. The molecule has 0 aromatic rings. The summed E-state index contributed by atoms with van der Waals surface area (Å²) in [5.41, 5.74) is 0. The molecule has 1 atom stereocenters. The summed E-state index contributed by atoms with van der Waals surface area (Å²) >= 11 is 4.07. The maximum absolute atomic E-state index is 11.6. The van der Waals surface area contributed by atoms with E-state index in [1.54, 1.807) is 6.92 Å². The minimum Gasteiger partial charge on any atom is -0.512 e. The maximum atomic E-state index is 11.6. The highest BCUT2D eigenvalue weighted by Crippen LogP contribution is 2.28. The molecule has 0 bridgehead atoms. The van der Waals surface area contributed by atoms with Crippen molar-refractivity contribution in [2.75, 3.05) is 6.54 Å². The molecule has 5 heteroatoms. The van der Waals surface area contributed by atoms with E-state index in [-0.39, 0.29) is 29.8 Å². The van der Waals surface area contributed by atoms with Crippen LogP contribution in [0.2, 0.25) is 0 Å². The number of amides is 1. The van der Waals surface area contributed by atoms with Crippen LogP contribution in [0.15, 0.2) is 12.3 Å². The second-order valence-electron chi connectivity index (χ2n) is 5.34. The average molecular weight is 315 g/mol. The molecule has 4 nitrogen and oxygen atoms in total. The number of rotatable bonds is 6. The molecule has 1 fully saturated rings. The molecule has 0 aromatic heterocycles. The van der Waals surface area contributed by atoms with Gasteiger partial charge in [0.15, 0.2) is 0 Å². The van der Waals surface area contributed by atoms with Gasteiger partial charge in [0.1, 0.15) is 5.78 Å². The Morgan fingerprint density at radius 1 is 1.29 bits per heavy atom. The highest BCUT2D eigenvalue weighted by Gasteiger charge is 2.24. The van der Waals surface area contributed by atoms with Crippen LogP contribution in [-0.4, -0.2) is 28.6 Å². The second-order valence-corrected chi connectivity index (χ2v) is 5.97. The first-order valence-electron chi connectivity index (χ1n) is 7.73. The molecule has 1 aliphatic rings. The standard InChI is InChI=1S/C14H23NO3S.C2H6/c1-9(16)12-5-3-11(4-6-12)8-15-14(18)7-13(19)10(2)17;1-2/h11-13,17,19H,2-8H2,1H3,(H,15,18);1-2H3. The molecule has 0 spiro atoms. The SMILES string of the molecule is C=C(O)C(S)CC(=O)NCC1CCC(C(C)=O)CC1.CC. The minimum absolute atomic E-state index is 0.0829. The zero-order valence-corrected chi connectivity index (χ0v) is 14.3. The number of nitrogens with one attached hydrogen (secondary N) is 1. The molecular weight excluding hydrogens is 286 g/mol. The third kappa shape index (κ3) is 8.15. The van der Waals surface area contributed by atoms with Crippen molar-refractivity contribution in [2.24, 2.45) is 11.8 Å². The Kier molecular flexibility index (Phi) is 10.2. The van der Waals surface area contributed by atoms with E-state index in [9.17, 15) is 9.59 Å². The van der Waals surface area contributed by atoms with Crippen LogP contribution in [0.25, 0.3) is 0 Å². The number of aliphatic hydroxyl groups excluding tert-OH is 1. The van der Waals surface area contributed by atoms with Crippen molar-refractivity contribution in [1.29, 1.82) is 0 Å². The van der Waals surface area contributed by atoms with Crippen LogP contribution in [0, 0.1) is 11.8 Å². The van der Waals surface area contributed by atoms with Gasteiger partial charge in [-0.25, -0.2) is 0 Å². The topological polar surface area (TPSA) is 66.4 Å². The Bertz CT molecular complexity index is 349. The lowest BCUT2D eigenvalue weighted by Crippen LogP contribution is -2.33. The van der Waals surface area contributed by atoms with Gasteiger partial charge in [0.05, 0.1) is 11.0 Å². The number of Topliss-reactive ketones (excluding diaryl/α,β-unsaturated/α-hetero) is 1. The van der Waals surface area contributed by atoms with Crippen molar-refractivity contribution in [1.82, 2.24) is 5.32 Å². The van der Waals surface area contributed by atoms with Crippen LogP contribution >= 0.6 is 12.6 Å². The van der Waals surface area contributed by atoms with Gasteiger partial charge in [-0.15, -0.1) is 0 Å². The summed E-state index contributed by atoms with van der Waals surface area (Å²) in [4.78, 5) is 22.9. The number of ketones is 1. The number of hydrogen-bond donors (Lipinski definition) is 3. The molecule has 1 aliphatic carbocycles. The molecule has 1 rings (SSSR count). The molecule has 1 unspecified atom stereocenters. The second kappa shape index (κ2) is 10.7. The quantitative estimate of drug-likeness (QED) is 0.520. The van der Waals surface area contributed by atoms with Gasteiger partial charge < -0.3 is 10.4 Å². The third-order valence-corrected chi connectivity index (χ3v) is 4.25. The Hall–Kier alpha value is -0.970. The number of carbonyl (C=O) groups is 2. The molecule has 0 heterocycles. The van der Waals surface area contributed by atoms with E-state index in [0.717, 1.165) is 25.7 Å².